The molecule has 2 amide bonds. The summed E-state index contributed by atoms with van der Waals surface area (Å²) in [5.41, 5.74) is 1.72. The van der Waals surface area contributed by atoms with Crippen LogP contribution in [0.1, 0.15) is 5.56 Å². The summed E-state index contributed by atoms with van der Waals surface area (Å²) in [5.74, 6) is -1.02. The van der Waals surface area contributed by atoms with Crippen molar-refractivity contribution < 1.29 is 14.7 Å². The topological polar surface area (TPSA) is 104 Å². The van der Waals surface area contributed by atoms with E-state index in [1.165, 1.54) is 0 Å². The predicted octanol–water partition coefficient (Wildman–Crippen LogP) is 2.67. The van der Waals surface area contributed by atoms with E-state index in [0.29, 0.717) is 15.2 Å². The summed E-state index contributed by atoms with van der Waals surface area (Å²) in [6, 6.07) is 6.97. The van der Waals surface area contributed by atoms with E-state index in [9.17, 15) is 9.59 Å². The lowest BCUT2D eigenvalue weighted by atomic mass is 10.2. The zero-order chi connectivity index (χ0) is 15.2. The first-order valence-electron chi connectivity index (χ1n) is 5.86. The Kier molecular flexibility index (Phi) is 5.12. The molecule has 3 N–H and O–H groups in total. The molecule has 1 aromatic heterocycles. The number of nitrogens with zero attached hydrogens (tertiary/aromatic N) is 2. The van der Waals surface area contributed by atoms with Crippen molar-refractivity contribution in [3.05, 3.63) is 29.8 Å². The molecule has 0 aliphatic carbocycles. The molecule has 7 nitrogen and oxygen atoms in total. The van der Waals surface area contributed by atoms with E-state index in [1.54, 1.807) is 6.07 Å². The van der Waals surface area contributed by atoms with Crippen molar-refractivity contribution in [1.29, 1.82) is 0 Å². The average molecular weight is 324 g/mol. The number of aromatic nitrogens is 2. The van der Waals surface area contributed by atoms with Crippen LogP contribution in [0.5, 0.6) is 0 Å². The van der Waals surface area contributed by atoms with Gasteiger partial charge in [0.25, 0.3) is 0 Å². The molecular formula is C12H12N4O3S2. The van der Waals surface area contributed by atoms with Crippen LogP contribution in [0.4, 0.5) is 15.6 Å². The van der Waals surface area contributed by atoms with E-state index in [2.05, 4.69) is 20.8 Å². The maximum Gasteiger partial charge on any atom is 0.325 e. The maximum atomic E-state index is 11.8. The number of carbonyl (C=O) groups excluding carboxylic acids is 1. The van der Waals surface area contributed by atoms with Crippen molar-refractivity contribution in [1.82, 2.24) is 10.2 Å². The van der Waals surface area contributed by atoms with Crippen LogP contribution in [0.25, 0.3) is 0 Å². The summed E-state index contributed by atoms with van der Waals surface area (Å²) in [7, 11) is 0. The van der Waals surface area contributed by atoms with E-state index in [4.69, 9.17) is 5.11 Å². The number of nitrogens with one attached hydrogen (secondary N) is 2. The number of carboxylic acid groups (broad SMARTS) is 1. The highest BCUT2D eigenvalue weighted by Gasteiger charge is 2.10. The maximum absolute atomic E-state index is 11.8. The van der Waals surface area contributed by atoms with Crippen LogP contribution in [0, 0.1) is 6.92 Å². The predicted molar refractivity (Wildman–Crippen MR) is 82.1 cm³/mol. The van der Waals surface area contributed by atoms with Gasteiger partial charge in [0.1, 0.15) is 0 Å². The highest BCUT2D eigenvalue weighted by atomic mass is 32.2. The van der Waals surface area contributed by atoms with Crippen molar-refractivity contribution in [2.45, 2.75) is 11.3 Å². The lowest BCUT2D eigenvalue weighted by Gasteiger charge is -2.05. The van der Waals surface area contributed by atoms with Crippen LogP contribution in [-0.4, -0.2) is 33.1 Å². The van der Waals surface area contributed by atoms with Crippen molar-refractivity contribution in [2.75, 3.05) is 16.4 Å². The van der Waals surface area contributed by atoms with Crippen molar-refractivity contribution in [3.8, 4) is 0 Å². The number of aryl methyl sites for hydroxylation is 1. The zero-order valence-electron chi connectivity index (χ0n) is 11.0. The van der Waals surface area contributed by atoms with Crippen LogP contribution in [0.15, 0.2) is 28.6 Å². The van der Waals surface area contributed by atoms with Crippen LogP contribution in [0.3, 0.4) is 0 Å². The number of anilines is 2. The van der Waals surface area contributed by atoms with E-state index < -0.39 is 12.0 Å². The Bertz CT molecular complexity index is 659. The summed E-state index contributed by atoms with van der Waals surface area (Å²) in [5, 5.41) is 21.7. The second-order valence-corrected chi connectivity index (χ2v) is 6.20. The largest absolute Gasteiger partial charge is 0.481 e. The minimum absolute atomic E-state index is 0.0931. The highest BCUT2D eigenvalue weighted by Crippen LogP contribution is 2.25. The summed E-state index contributed by atoms with van der Waals surface area (Å²) >= 11 is 2.18. The quantitative estimate of drug-likeness (QED) is 0.577. The lowest BCUT2D eigenvalue weighted by molar-refractivity contribution is -0.133. The Morgan fingerprint density at radius 2 is 2.14 bits per heavy atom. The SMILES string of the molecule is Cc1cccc(NC(=O)Nc2nnc(SCC(=O)O)s2)c1. The van der Waals surface area contributed by atoms with Gasteiger partial charge in [-0.1, -0.05) is 35.2 Å². The fourth-order valence-electron chi connectivity index (χ4n) is 1.42. The van der Waals surface area contributed by atoms with E-state index in [0.717, 1.165) is 28.7 Å². The molecule has 0 aliphatic heterocycles. The number of rotatable bonds is 5. The van der Waals surface area contributed by atoms with Gasteiger partial charge in [0.05, 0.1) is 5.75 Å². The molecule has 0 unspecified atom stereocenters. The van der Waals surface area contributed by atoms with Gasteiger partial charge in [-0.15, -0.1) is 10.2 Å². The third-order valence-corrected chi connectivity index (χ3v) is 4.18. The fraction of sp³-hybridized carbons (Fsp3) is 0.167. The normalized spacial score (nSPS) is 10.1. The molecule has 0 atom stereocenters. The third-order valence-electron chi connectivity index (χ3n) is 2.22. The van der Waals surface area contributed by atoms with Gasteiger partial charge < -0.3 is 10.4 Å². The average Bonchev–Trinajstić information content (AvgIpc) is 2.83. The van der Waals surface area contributed by atoms with Gasteiger partial charge in [0.2, 0.25) is 5.13 Å². The zero-order valence-corrected chi connectivity index (χ0v) is 12.6. The summed E-state index contributed by atoms with van der Waals surface area (Å²) in [6.07, 6.45) is 0. The molecular weight excluding hydrogens is 312 g/mol. The van der Waals surface area contributed by atoms with Gasteiger partial charge in [-0.05, 0) is 24.6 Å². The molecule has 0 fully saturated rings. The monoisotopic (exact) mass is 324 g/mol. The summed E-state index contributed by atoms with van der Waals surface area (Å²) < 4.78 is 0.489. The van der Waals surface area contributed by atoms with Gasteiger partial charge in [0, 0.05) is 5.69 Å². The van der Waals surface area contributed by atoms with Crippen LogP contribution in [-0.2, 0) is 4.79 Å². The van der Waals surface area contributed by atoms with Crippen molar-refractivity contribution in [3.63, 3.8) is 0 Å². The molecule has 0 spiro atoms. The molecule has 1 aromatic carbocycles. The van der Waals surface area contributed by atoms with Gasteiger partial charge in [0.15, 0.2) is 4.34 Å². The molecule has 110 valence electrons. The number of aliphatic carboxylic acids is 1. The van der Waals surface area contributed by atoms with E-state index in [-0.39, 0.29) is 5.75 Å². The molecule has 0 radical (unpaired) electrons. The second-order valence-electron chi connectivity index (χ2n) is 4.00. The Balaban J connectivity index is 1.89. The standard InChI is InChI=1S/C12H12N4O3S2/c1-7-3-2-4-8(5-7)13-10(19)14-11-15-16-12(21-11)20-6-9(17)18/h2-5H,6H2,1H3,(H,17,18)(H2,13,14,15,19). The van der Waals surface area contributed by atoms with Crippen molar-refractivity contribution >= 4 is 45.9 Å². The van der Waals surface area contributed by atoms with Gasteiger partial charge in [-0.3, -0.25) is 10.1 Å². The minimum Gasteiger partial charge on any atom is -0.481 e. The van der Waals surface area contributed by atoms with E-state index >= 15 is 0 Å². The van der Waals surface area contributed by atoms with Crippen LogP contribution >= 0.6 is 23.1 Å². The Morgan fingerprint density at radius 1 is 1.33 bits per heavy atom. The second kappa shape index (κ2) is 7.04. The number of thioether (sulfide) groups is 1. The number of benzene rings is 1. The molecule has 2 aromatic rings. The molecule has 0 aliphatic rings. The molecule has 9 heteroatoms. The number of hydrogen-bond acceptors (Lipinski definition) is 6. The van der Waals surface area contributed by atoms with Crippen LogP contribution < -0.4 is 10.6 Å². The summed E-state index contributed by atoms with van der Waals surface area (Å²) in [6.45, 7) is 1.93. The molecule has 0 saturated carbocycles. The Hall–Kier alpha value is -2.13. The number of carbonyl (C=O) groups is 2. The van der Waals surface area contributed by atoms with Gasteiger partial charge in [-0.25, -0.2) is 4.79 Å². The molecule has 21 heavy (non-hydrogen) atoms. The first-order chi connectivity index (χ1) is 10.0. The molecule has 0 bridgehead atoms. The minimum atomic E-state index is -0.929. The Labute approximate surface area is 128 Å². The molecule has 2 rings (SSSR count). The Morgan fingerprint density at radius 3 is 2.86 bits per heavy atom. The number of urea groups is 1. The van der Waals surface area contributed by atoms with E-state index in [1.807, 2.05) is 25.1 Å². The molecule has 1 heterocycles. The third kappa shape index (κ3) is 5.04. The van der Waals surface area contributed by atoms with Gasteiger partial charge >= 0.3 is 12.0 Å². The highest BCUT2D eigenvalue weighted by molar-refractivity contribution is 8.01. The van der Waals surface area contributed by atoms with Crippen LogP contribution in [0.2, 0.25) is 0 Å². The number of carboxylic acids is 1. The first-order valence-corrected chi connectivity index (χ1v) is 7.66. The number of amides is 2. The lowest BCUT2D eigenvalue weighted by Crippen LogP contribution is -2.19. The van der Waals surface area contributed by atoms with Gasteiger partial charge in [-0.2, -0.15) is 0 Å². The van der Waals surface area contributed by atoms with Crippen molar-refractivity contribution in [2.24, 2.45) is 0 Å². The first kappa shape index (κ1) is 15.3. The summed E-state index contributed by atoms with van der Waals surface area (Å²) in [4.78, 5) is 22.2. The fourth-order valence-corrected chi connectivity index (χ4v) is 2.89. The smallest absolute Gasteiger partial charge is 0.325 e. The molecule has 0 saturated heterocycles. The number of hydrogen-bond donors (Lipinski definition) is 3.